The van der Waals surface area contributed by atoms with Gasteiger partial charge in [-0.2, -0.15) is 10.2 Å². The number of aromatic nitrogens is 5. The minimum Gasteiger partial charge on any atom is -0.383 e. The number of benzene rings is 1. The molecule has 4 rings (SSSR count). The predicted molar refractivity (Wildman–Crippen MR) is 114 cm³/mol. The highest BCUT2D eigenvalue weighted by Gasteiger charge is 2.15. The zero-order valence-electron chi connectivity index (χ0n) is 16.3. The first-order chi connectivity index (χ1) is 13.8. The first-order valence-corrected chi connectivity index (χ1v) is 10.9. The molecule has 0 fully saturated rings. The molecule has 9 nitrogen and oxygen atoms in total. The van der Waals surface area contributed by atoms with Crippen molar-refractivity contribution < 1.29 is 8.42 Å². The van der Waals surface area contributed by atoms with Crippen LogP contribution in [0.25, 0.3) is 33.1 Å². The van der Waals surface area contributed by atoms with Crippen LogP contribution < -0.4 is 10.5 Å². The van der Waals surface area contributed by atoms with E-state index in [1.54, 1.807) is 24.7 Å². The molecule has 0 spiro atoms. The van der Waals surface area contributed by atoms with Crippen LogP contribution in [0.3, 0.4) is 0 Å². The van der Waals surface area contributed by atoms with Crippen LogP contribution in [-0.4, -0.2) is 45.2 Å². The van der Waals surface area contributed by atoms with Gasteiger partial charge >= 0.3 is 0 Å². The highest BCUT2D eigenvalue weighted by molar-refractivity contribution is 7.90. The molecule has 0 atom stereocenters. The van der Waals surface area contributed by atoms with Gasteiger partial charge in [0.05, 0.1) is 21.8 Å². The summed E-state index contributed by atoms with van der Waals surface area (Å²) >= 11 is 0. The number of rotatable bonds is 7. The van der Waals surface area contributed by atoms with E-state index in [0.717, 1.165) is 33.1 Å². The smallest absolute Gasteiger partial charge is 0.213 e. The third-order valence-electron chi connectivity index (χ3n) is 4.83. The maximum atomic E-state index is 11.8. The van der Waals surface area contributed by atoms with Crippen molar-refractivity contribution >= 4 is 37.6 Å². The second kappa shape index (κ2) is 7.45. The van der Waals surface area contributed by atoms with Gasteiger partial charge in [-0.1, -0.05) is 6.07 Å². The highest BCUT2D eigenvalue weighted by Crippen LogP contribution is 2.29. The molecule has 0 amide bonds. The Bertz CT molecular complexity index is 1260. The average Bonchev–Trinajstić information content (AvgIpc) is 3.35. The number of anilines is 1. The van der Waals surface area contributed by atoms with Gasteiger partial charge in [0.1, 0.15) is 11.3 Å². The van der Waals surface area contributed by atoms with E-state index in [2.05, 4.69) is 25.0 Å². The molecule has 4 aromatic rings. The van der Waals surface area contributed by atoms with E-state index < -0.39 is 15.3 Å². The molecule has 4 N–H and O–H groups in total. The minimum absolute atomic E-state index is 0.360. The SMILES string of the molecule is CC(C)S(=O)(=O)NCCCn1cc2c(N)nc3cc(-c4ccn[nH]4)ccc3c2n1. The molecule has 3 heterocycles. The summed E-state index contributed by atoms with van der Waals surface area (Å²) in [6.07, 6.45) is 4.18. The Morgan fingerprint density at radius 3 is 2.79 bits per heavy atom. The third kappa shape index (κ3) is 3.81. The Morgan fingerprint density at radius 1 is 1.24 bits per heavy atom. The first kappa shape index (κ1) is 19.3. The summed E-state index contributed by atoms with van der Waals surface area (Å²) in [5, 5.41) is 12.8. The Balaban J connectivity index is 1.58. The van der Waals surface area contributed by atoms with E-state index in [0.29, 0.717) is 25.3 Å². The van der Waals surface area contributed by atoms with Crippen LogP contribution in [0.1, 0.15) is 20.3 Å². The molecule has 0 saturated heterocycles. The topological polar surface area (TPSA) is 132 Å². The van der Waals surface area contributed by atoms with Crippen LogP contribution in [0.4, 0.5) is 5.82 Å². The van der Waals surface area contributed by atoms with E-state index in [1.165, 1.54) is 0 Å². The van der Waals surface area contributed by atoms with Crippen molar-refractivity contribution in [3.05, 3.63) is 36.7 Å². The number of hydrogen-bond donors (Lipinski definition) is 3. The Labute approximate surface area is 168 Å². The number of nitrogens with zero attached hydrogens (tertiary/aromatic N) is 4. The second-order valence-electron chi connectivity index (χ2n) is 7.20. The lowest BCUT2D eigenvalue weighted by Crippen LogP contribution is -2.31. The molecule has 0 aliphatic carbocycles. The maximum Gasteiger partial charge on any atom is 0.213 e. The van der Waals surface area contributed by atoms with E-state index >= 15 is 0 Å². The number of nitrogens with two attached hydrogens (primary N) is 1. The molecule has 0 radical (unpaired) electrons. The minimum atomic E-state index is -3.25. The van der Waals surface area contributed by atoms with Gasteiger partial charge in [-0.15, -0.1) is 0 Å². The molecule has 10 heteroatoms. The summed E-state index contributed by atoms with van der Waals surface area (Å²) in [6.45, 7) is 4.24. The fraction of sp³-hybridized carbons (Fsp3) is 0.316. The summed E-state index contributed by atoms with van der Waals surface area (Å²) in [5.41, 5.74) is 9.59. The van der Waals surface area contributed by atoms with Gasteiger partial charge in [-0.05, 0) is 38.5 Å². The lowest BCUT2D eigenvalue weighted by atomic mass is 10.1. The van der Waals surface area contributed by atoms with Crippen molar-refractivity contribution in [3.63, 3.8) is 0 Å². The van der Waals surface area contributed by atoms with E-state index in [4.69, 9.17) is 5.73 Å². The summed E-state index contributed by atoms with van der Waals surface area (Å²) in [5.74, 6) is 0.418. The van der Waals surface area contributed by atoms with Gasteiger partial charge in [-0.25, -0.2) is 18.1 Å². The normalized spacial score (nSPS) is 12.4. The number of fused-ring (bicyclic) bond motifs is 3. The zero-order valence-corrected chi connectivity index (χ0v) is 17.1. The Morgan fingerprint density at radius 2 is 2.07 bits per heavy atom. The number of nitrogens with one attached hydrogen (secondary N) is 2. The fourth-order valence-corrected chi connectivity index (χ4v) is 3.91. The Hall–Kier alpha value is -2.98. The van der Waals surface area contributed by atoms with E-state index in [1.807, 2.05) is 30.5 Å². The summed E-state index contributed by atoms with van der Waals surface area (Å²) < 4.78 is 28.0. The van der Waals surface area contributed by atoms with Crippen LogP contribution in [0, 0.1) is 0 Å². The van der Waals surface area contributed by atoms with Gasteiger partial charge in [0.2, 0.25) is 10.0 Å². The van der Waals surface area contributed by atoms with E-state index in [-0.39, 0.29) is 0 Å². The quantitative estimate of drug-likeness (QED) is 0.398. The van der Waals surface area contributed by atoms with E-state index in [9.17, 15) is 8.42 Å². The van der Waals surface area contributed by atoms with Gasteiger partial charge in [0.15, 0.2) is 0 Å². The first-order valence-electron chi connectivity index (χ1n) is 9.40. The van der Waals surface area contributed by atoms with Gasteiger partial charge < -0.3 is 5.73 Å². The number of pyridine rings is 1. The van der Waals surface area contributed by atoms with Crippen molar-refractivity contribution in [3.8, 4) is 11.3 Å². The van der Waals surface area contributed by atoms with Crippen LogP contribution in [-0.2, 0) is 16.6 Å². The number of H-pyrrole nitrogens is 1. The molecule has 1 aromatic carbocycles. The molecule has 0 aliphatic heterocycles. The van der Waals surface area contributed by atoms with Crippen molar-refractivity contribution in [2.24, 2.45) is 0 Å². The maximum absolute atomic E-state index is 11.8. The van der Waals surface area contributed by atoms with Gasteiger partial charge in [0.25, 0.3) is 0 Å². The van der Waals surface area contributed by atoms with Gasteiger partial charge in [-0.3, -0.25) is 9.78 Å². The summed E-state index contributed by atoms with van der Waals surface area (Å²) in [6, 6.07) is 7.82. The molecule has 0 unspecified atom stereocenters. The van der Waals surface area contributed by atoms with Crippen molar-refractivity contribution in [2.75, 3.05) is 12.3 Å². The third-order valence-corrected chi connectivity index (χ3v) is 6.68. The van der Waals surface area contributed by atoms with Crippen LogP contribution >= 0.6 is 0 Å². The predicted octanol–water partition coefficient (Wildman–Crippen LogP) is 2.27. The van der Waals surface area contributed by atoms with Crippen molar-refractivity contribution in [2.45, 2.75) is 32.1 Å². The number of hydrogen-bond acceptors (Lipinski definition) is 6. The molecule has 152 valence electrons. The molecular weight excluding hydrogens is 390 g/mol. The van der Waals surface area contributed by atoms with Gasteiger partial charge in [0, 0.05) is 36.4 Å². The average molecular weight is 414 g/mol. The monoisotopic (exact) mass is 413 g/mol. The second-order valence-corrected chi connectivity index (χ2v) is 9.52. The Kier molecular flexibility index (Phi) is 4.97. The highest BCUT2D eigenvalue weighted by atomic mass is 32.2. The number of sulfonamides is 1. The molecular formula is C19H23N7O2S. The summed E-state index contributed by atoms with van der Waals surface area (Å²) in [7, 11) is -3.25. The lowest BCUT2D eigenvalue weighted by Gasteiger charge is -2.09. The van der Waals surface area contributed by atoms with Crippen LogP contribution in [0.5, 0.6) is 0 Å². The van der Waals surface area contributed by atoms with Crippen LogP contribution in [0.2, 0.25) is 0 Å². The molecule has 3 aromatic heterocycles. The number of aromatic amines is 1. The standard InChI is InChI=1S/C19H23N7O2S/c1-12(2)29(27,28)22-7-3-9-26-11-15-18(25-26)14-5-4-13(16-6-8-21-24-16)10-17(14)23-19(15)20/h4-6,8,10-12,22H,3,7,9H2,1-2H3,(H2,20,23)(H,21,24). The zero-order chi connectivity index (χ0) is 20.6. The van der Waals surface area contributed by atoms with Crippen molar-refractivity contribution in [1.29, 1.82) is 0 Å². The van der Waals surface area contributed by atoms with Crippen LogP contribution in [0.15, 0.2) is 36.7 Å². The number of nitrogen functional groups attached to an aromatic ring is 1. The molecule has 0 aliphatic rings. The molecule has 0 bridgehead atoms. The lowest BCUT2D eigenvalue weighted by molar-refractivity contribution is 0.550. The summed E-state index contributed by atoms with van der Waals surface area (Å²) in [4.78, 5) is 4.53. The van der Waals surface area contributed by atoms with Crippen molar-refractivity contribution in [1.82, 2.24) is 29.7 Å². The molecule has 0 saturated carbocycles. The largest absolute Gasteiger partial charge is 0.383 e. The number of aryl methyl sites for hydroxylation is 1. The molecule has 29 heavy (non-hydrogen) atoms. The fourth-order valence-electron chi connectivity index (χ4n) is 3.14.